The molecule has 1 unspecified atom stereocenters. The fraction of sp³-hybridized carbons (Fsp3) is 0.571. The lowest BCUT2D eigenvalue weighted by atomic mass is 10.3. The molecular weight excluding hydrogens is 266 g/mol. The van der Waals surface area contributed by atoms with Gasteiger partial charge in [-0.15, -0.1) is 11.8 Å². The van der Waals surface area contributed by atoms with Gasteiger partial charge in [0.1, 0.15) is 0 Å². The summed E-state index contributed by atoms with van der Waals surface area (Å²) in [5, 5.41) is 4.23. The molecule has 0 amide bonds. The molecule has 0 spiro atoms. The van der Waals surface area contributed by atoms with Crippen molar-refractivity contribution in [1.82, 2.24) is 5.32 Å². The van der Waals surface area contributed by atoms with Crippen molar-refractivity contribution < 1.29 is 4.74 Å². The maximum Gasteiger partial charge on any atom is 0.0631 e. The van der Waals surface area contributed by atoms with E-state index in [1.165, 1.54) is 4.90 Å². The highest BCUT2D eigenvalue weighted by atomic mass is 35.5. The van der Waals surface area contributed by atoms with E-state index in [2.05, 4.69) is 38.2 Å². The van der Waals surface area contributed by atoms with Gasteiger partial charge in [0.25, 0.3) is 0 Å². The number of halogens is 1. The van der Waals surface area contributed by atoms with E-state index in [0.717, 1.165) is 23.9 Å². The molecule has 1 aromatic rings. The van der Waals surface area contributed by atoms with Gasteiger partial charge in [0.2, 0.25) is 0 Å². The third-order valence-electron chi connectivity index (χ3n) is 2.39. The van der Waals surface area contributed by atoms with Crippen LogP contribution in [0.5, 0.6) is 0 Å². The van der Waals surface area contributed by atoms with Crippen LogP contribution < -0.4 is 5.32 Å². The molecule has 0 aromatic heterocycles. The summed E-state index contributed by atoms with van der Waals surface area (Å²) in [6.45, 7) is 7.97. The summed E-state index contributed by atoms with van der Waals surface area (Å²) < 4.78 is 5.67. The average molecular weight is 288 g/mol. The summed E-state index contributed by atoms with van der Waals surface area (Å²) in [7, 11) is 0. The standard InChI is InChI=1S/C14H22ClNOS/c1-4-16-13(9-17-11(2)3)10-18-14-7-5-12(15)6-8-14/h5-8,11,13,16H,4,9-10H2,1-3H3. The minimum Gasteiger partial charge on any atom is -0.377 e. The average Bonchev–Trinajstić information content (AvgIpc) is 2.34. The minimum absolute atomic E-state index is 0.284. The number of thioether (sulfide) groups is 1. The number of rotatable bonds is 8. The highest BCUT2D eigenvalue weighted by Crippen LogP contribution is 2.21. The van der Waals surface area contributed by atoms with Crippen LogP contribution in [0.25, 0.3) is 0 Å². The highest BCUT2D eigenvalue weighted by molar-refractivity contribution is 7.99. The predicted octanol–water partition coefficient (Wildman–Crippen LogP) is 3.84. The van der Waals surface area contributed by atoms with Crippen LogP contribution in [0.3, 0.4) is 0 Å². The molecule has 1 rings (SSSR count). The van der Waals surface area contributed by atoms with E-state index < -0.39 is 0 Å². The summed E-state index contributed by atoms with van der Waals surface area (Å²) >= 11 is 7.69. The Kier molecular flexibility index (Phi) is 7.75. The number of likely N-dealkylation sites (N-methyl/N-ethyl adjacent to an activating group) is 1. The summed E-state index contributed by atoms with van der Waals surface area (Å²) in [4.78, 5) is 1.24. The summed E-state index contributed by atoms with van der Waals surface area (Å²) in [6.07, 6.45) is 0.284. The summed E-state index contributed by atoms with van der Waals surface area (Å²) in [5.74, 6) is 1.00. The van der Waals surface area contributed by atoms with E-state index >= 15 is 0 Å². The maximum atomic E-state index is 5.87. The fourth-order valence-electron chi connectivity index (χ4n) is 1.49. The Morgan fingerprint density at radius 3 is 2.50 bits per heavy atom. The van der Waals surface area contributed by atoms with E-state index in [1.807, 2.05) is 23.9 Å². The lowest BCUT2D eigenvalue weighted by Crippen LogP contribution is -2.36. The zero-order valence-electron chi connectivity index (χ0n) is 11.3. The van der Waals surface area contributed by atoms with Gasteiger partial charge in [-0.05, 0) is 44.7 Å². The molecule has 0 heterocycles. The first-order valence-electron chi connectivity index (χ1n) is 6.35. The predicted molar refractivity (Wildman–Crippen MR) is 80.7 cm³/mol. The summed E-state index contributed by atoms with van der Waals surface area (Å²) in [5.41, 5.74) is 0. The molecule has 1 aromatic carbocycles. The normalized spacial score (nSPS) is 12.9. The van der Waals surface area contributed by atoms with Gasteiger partial charge in [0, 0.05) is 21.7 Å². The number of benzene rings is 1. The smallest absolute Gasteiger partial charge is 0.0631 e. The Morgan fingerprint density at radius 2 is 1.94 bits per heavy atom. The van der Waals surface area contributed by atoms with Crippen molar-refractivity contribution in [3.63, 3.8) is 0 Å². The molecule has 0 saturated carbocycles. The van der Waals surface area contributed by atoms with Crippen LogP contribution in [0.2, 0.25) is 5.02 Å². The number of hydrogen-bond acceptors (Lipinski definition) is 3. The second kappa shape index (κ2) is 8.81. The monoisotopic (exact) mass is 287 g/mol. The van der Waals surface area contributed by atoms with Gasteiger partial charge in [0.05, 0.1) is 12.7 Å². The van der Waals surface area contributed by atoms with Crippen LogP contribution in [0.4, 0.5) is 0 Å². The molecule has 0 aliphatic carbocycles. The van der Waals surface area contributed by atoms with Crippen molar-refractivity contribution in [2.75, 3.05) is 18.9 Å². The second-order valence-electron chi connectivity index (χ2n) is 4.40. The van der Waals surface area contributed by atoms with Crippen molar-refractivity contribution in [1.29, 1.82) is 0 Å². The van der Waals surface area contributed by atoms with Crippen LogP contribution in [0, 0.1) is 0 Å². The quantitative estimate of drug-likeness (QED) is 0.734. The Labute approximate surface area is 119 Å². The van der Waals surface area contributed by atoms with Crippen LogP contribution in [-0.4, -0.2) is 31.1 Å². The second-order valence-corrected chi connectivity index (χ2v) is 5.93. The molecular formula is C14H22ClNOS. The minimum atomic E-state index is 0.284. The first-order valence-corrected chi connectivity index (χ1v) is 7.71. The van der Waals surface area contributed by atoms with Gasteiger partial charge in [-0.25, -0.2) is 0 Å². The zero-order valence-corrected chi connectivity index (χ0v) is 12.9. The van der Waals surface area contributed by atoms with Crippen molar-refractivity contribution >= 4 is 23.4 Å². The topological polar surface area (TPSA) is 21.3 Å². The van der Waals surface area contributed by atoms with Gasteiger partial charge in [-0.2, -0.15) is 0 Å². The molecule has 102 valence electrons. The number of nitrogens with one attached hydrogen (secondary N) is 1. The van der Waals surface area contributed by atoms with Gasteiger partial charge in [0.15, 0.2) is 0 Å². The molecule has 0 fully saturated rings. The lowest BCUT2D eigenvalue weighted by Gasteiger charge is -2.19. The molecule has 0 aliphatic heterocycles. The molecule has 1 atom stereocenters. The Bertz CT molecular complexity index is 329. The number of hydrogen-bond donors (Lipinski definition) is 1. The van der Waals surface area contributed by atoms with E-state index in [0.29, 0.717) is 6.04 Å². The van der Waals surface area contributed by atoms with Crippen molar-refractivity contribution in [3.8, 4) is 0 Å². The Balaban J connectivity index is 2.38. The molecule has 4 heteroatoms. The first-order chi connectivity index (χ1) is 8.61. The van der Waals surface area contributed by atoms with Gasteiger partial charge in [-0.3, -0.25) is 0 Å². The van der Waals surface area contributed by atoms with Gasteiger partial charge < -0.3 is 10.1 Å². The highest BCUT2D eigenvalue weighted by Gasteiger charge is 2.09. The lowest BCUT2D eigenvalue weighted by molar-refractivity contribution is 0.0658. The van der Waals surface area contributed by atoms with E-state index in [-0.39, 0.29) is 6.10 Å². The Hall–Kier alpha value is -0.220. The van der Waals surface area contributed by atoms with E-state index in [1.54, 1.807) is 0 Å². The molecule has 1 N–H and O–H groups in total. The Morgan fingerprint density at radius 1 is 1.28 bits per heavy atom. The van der Waals surface area contributed by atoms with E-state index in [9.17, 15) is 0 Å². The molecule has 2 nitrogen and oxygen atoms in total. The maximum absolute atomic E-state index is 5.87. The molecule has 0 saturated heterocycles. The van der Waals surface area contributed by atoms with Gasteiger partial charge in [-0.1, -0.05) is 18.5 Å². The first kappa shape index (κ1) is 15.8. The van der Waals surface area contributed by atoms with Gasteiger partial charge >= 0.3 is 0 Å². The van der Waals surface area contributed by atoms with Crippen LogP contribution >= 0.6 is 23.4 Å². The van der Waals surface area contributed by atoms with Crippen LogP contribution in [-0.2, 0) is 4.74 Å². The van der Waals surface area contributed by atoms with Crippen LogP contribution in [0.1, 0.15) is 20.8 Å². The van der Waals surface area contributed by atoms with Crippen molar-refractivity contribution in [2.24, 2.45) is 0 Å². The fourth-order valence-corrected chi connectivity index (χ4v) is 2.55. The van der Waals surface area contributed by atoms with Crippen LogP contribution in [0.15, 0.2) is 29.2 Å². The van der Waals surface area contributed by atoms with Crippen molar-refractivity contribution in [3.05, 3.63) is 29.3 Å². The largest absolute Gasteiger partial charge is 0.377 e. The molecule has 0 radical (unpaired) electrons. The third kappa shape index (κ3) is 6.64. The van der Waals surface area contributed by atoms with E-state index in [4.69, 9.17) is 16.3 Å². The molecule has 18 heavy (non-hydrogen) atoms. The third-order valence-corrected chi connectivity index (χ3v) is 3.81. The van der Waals surface area contributed by atoms with Crippen molar-refractivity contribution in [2.45, 2.75) is 37.8 Å². The molecule has 0 bridgehead atoms. The summed E-state index contributed by atoms with van der Waals surface area (Å²) in [6, 6.07) is 8.35. The zero-order chi connectivity index (χ0) is 13.4. The SMILES string of the molecule is CCNC(COC(C)C)CSc1ccc(Cl)cc1. The number of ether oxygens (including phenoxy) is 1. The molecule has 0 aliphatic rings.